The quantitative estimate of drug-likeness (QED) is 0.176. The Hall–Kier alpha value is -6.94. The number of thiophene rings is 1. The second-order valence-corrected chi connectivity index (χ2v) is 19.1. The Kier molecular flexibility index (Phi) is 7.04. The van der Waals surface area contributed by atoms with Crippen molar-refractivity contribution in [3.63, 3.8) is 0 Å². The summed E-state index contributed by atoms with van der Waals surface area (Å²) >= 11 is 1.87. The molecule has 0 unspecified atom stereocenters. The van der Waals surface area contributed by atoms with Gasteiger partial charge in [-0.25, -0.2) is 0 Å². The first-order valence-electron chi connectivity index (χ1n) is 21.3. The Bertz CT molecular complexity index is 3670. The summed E-state index contributed by atoms with van der Waals surface area (Å²) in [6, 6.07) is 65.4. The van der Waals surface area contributed by atoms with Crippen molar-refractivity contribution in [1.29, 1.82) is 0 Å². The number of nitrogens with zero attached hydrogens (tertiary/aromatic N) is 1. The number of benzene rings is 9. The molecule has 2 aliphatic rings. The summed E-state index contributed by atoms with van der Waals surface area (Å²) in [7, 11) is 0. The first-order valence-corrected chi connectivity index (χ1v) is 22.1. The van der Waals surface area contributed by atoms with Crippen LogP contribution in [0.25, 0.3) is 86.3 Å². The zero-order valence-electron chi connectivity index (χ0n) is 34.5. The number of furan rings is 1. The fourth-order valence-corrected chi connectivity index (χ4v) is 12.2. The van der Waals surface area contributed by atoms with Crippen molar-refractivity contribution in [2.24, 2.45) is 0 Å². The lowest BCUT2D eigenvalue weighted by Gasteiger charge is -2.28. The summed E-state index contributed by atoms with van der Waals surface area (Å²) in [6.07, 6.45) is 0. The molecule has 0 radical (unpaired) electrons. The van der Waals surface area contributed by atoms with E-state index in [2.05, 4.69) is 209 Å². The van der Waals surface area contributed by atoms with E-state index in [1.165, 1.54) is 86.7 Å². The zero-order chi connectivity index (χ0) is 40.8. The third kappa shape index (κ3) is 4.78. The number of anilines is 3. The second-order valence-electron chi connectivity index (χ2n) is 18.1. The highest BCUT2D eigenvalue weighted by Gasteiger charge is 2.37. The summed E-state index contributed by atoms with van der Waals surface area (Å²) in [5.41, 5.74) is 18.1. The van der Waals surface area contributed by atoms with Gasteiger partial charge in [-0.3, -0.25) is 0 Å². The van der Waals surface area contributed by atoms with E-state index < -0.39 is 0 Å². The minimum absolute atomic E-state index is 0.106. The number of hydrogen-bond acceptors (Lipinski definition) is 3. The van der Waals surface area contributed by atoms with Crippen molar-refractivity contribution < 1.29 is 4.42 Å². The van der Waals surface area contributed by atoms with E-state index in [9.17, 15) is 0 Å². The molecule has 290 valence electrons. The normalized spacial score (nSPS) is 14.5. The highest BCUT2D eigenvalue weighted by Crippen LogP contribution is 2.54. The monoisotopic (exact) mass is 799 g/mol. The number of rotatable bonds is 4. The molecule has 2 nitrogen and oxygen atoms in total. The van der Waals surface area contributed by atoms with Crippen LogP contribution in [0, 0.1) is 0 Å². The molecular formula is C58H41NOS. The third-order valence-corrected chi connectivity index (χ3v) is 15.3. The molecule has 13 rings (SSSR count). The van der Waals surface area contributed by atoms with Gasteiger partial charge in [0.25, 0.3) is 0 Å². The predicted molar refractivity (Wildman–Crippen MR) is 259 cm³/mol. The molecule has 0 aliphatic heterocycles. The molecule has 2 aromatic heterocycles. The van der Waals surface area contributed by atoms with E-state index in [-0.39, 0.29) is 10.8 Å². The SMILES string of the molecule is CC1(C)c2ccccc2-c2ccc(-c3c4ccccc4cc4c3oc3ccc(N(c5ccc6c(c5)C(C)(C)c5ccccc5-6)c5cccc6c5sc5ccccc56)cc34)cc21. The second kappa shape index (κ2) is 12.3. The van der Waals surface area contributed by atoms with Crippen LogP contribution in [0.5, 0.6) is 0 Å². The van der Waals surface area contributed by atoms with Crippen LogP contribution in [0.2, 0.25) is 0 Å². The molecular weight excluding hydrogens is 759 g/mol. The Balaban J connectivity index is 1.05. The van der Waals surface area contributed by atoms with Crippen LogP contribution in [0.3, 0.4) is 0 Å². The maximum atomic E-state index is 7.04. The molecule has 0 saturated carbocycles. The highest BCUT2D eigenvalue weighted by molar-refractivity contribution is 7.26. The van der Waals surface area contributed by atoms with E-state index in [1.54, 1.807) is 0 Å². The van der Waals surface area contributed by atoms with Crippen LogP contribution in [0.1, 0.15) is 49.9 Å². The van der Waals surface area contributed by atoms with Gasteiger partial charge in [-0.05, 0) is 115 Å². The van der Waals surface area contributed by atoms with Crippen molar-refractivity contribution in [3.05, 3.63) is 198 Å². The fourth-order valence-electron chi connectivity index (χ4n) is 11.0. The van der Waals surface area contributed by atoms with Gasteiger partial charge < -0.3 is 9.32 Å². The molecule has 0 fully saturated rings. The van der Waals surface area contributed by atoms with E-state index in [0.29, 0.717) is 0 Å². The molecule has 0 atom stereocenters. The van der Waals surface area contributed by atoms with E-state index in [1.807, 2.05) is 11.3 Å². The predicted octanol–water partition coefficient (Wildman–Crippen LogP) is 16.9. The van der Waals surface area contributed by atoms with Gasteiger partial charge >= 0.3 is 0 Å². The molecule has 11 aromatic rings. The Morgan fingerprint density at radius 2 is 1.05 bits per heavy atom. The van der Waals surface area contributed by atoms with Crippen molar-refractivity contribution in [1.82, 2.24) is 0 Å². The number of hydrogen-bond donors (Lipinski definition) is 0. The van der Waals surface area contributed by atoms with Crippen LogP contribution >= 0.6 is 11.3 Å². The number of fused-ring (bicyclic) bond motifs is 13. The van der Waals surface area contributed by atoms with Crippen molar-refractivity contribution >= 4 is 81.3 Å². The minimum Gasteiger partial charge on any atom is -0.455 e. The Morgan fingerprint density at radius 1 is 0.443 bits per heavy atom. The van der Waals surface area contributed by atoms with Crippen LogP contribution in [-0.2, 0) is 10.8 Å². The molecule has 2 heterocycles. The average Bonchev–Trinajstić information content (AvgIpc) is 3.98. The van der Waals surface area contributed by atoms with E-state index in [0.717, 1.165) is 38.9 Å². The van der Waals surface area contributed by atoms with Gasteiger partial charge in [0.1, 0.15) is 11.2 Å². The lowest BCUT2D eigenvalue weighted by Crippen LogP contribution is -2.16. The minimum atomic E-state index is -0.130. The van der Waals surface area contributed by atoms with Crippen molar-refractivity contribution in [2.45, 2.75) is 38.5 Å². The molecule has 61 heavy (non-hydrogen) atoms. The summed E-state index contributed by atoms with van der Waals surface area (Å²) in [5, 5.41) is 7.21. The molecule has 0 saturated heterocycles. The van der Waals surface area contributed by atoms with Crippen molar-refractivity contribution in [2.75, 3.05) is 4.90 Å². The maximum absolute atomic E-state index is 7.04. The van der Waals surface area contributed by atoms with Gasteiger partial charge in [-0.1, -0.05) is 149 Å². The van der Waals surface area contributed by atoms with Gasteiger partial charge in [-0.2, -0.15) is 0 Å². The molecule has 0 bridgehead atoms. The van der Waals surface area contributed by atoms with Crippen LogP contribution in [0.4, 0.5) is 17.1 Å². The van der Waals surface area contributed by atoms with Gasteiger partial charge in [0.05, 0.1) is 10.4 Å². The maximum Gasteiger partial charge on any atom is 0.143 e. The van der Waals surface area contributed by atoms with Gasteiger partial charge in [0.15, 0.2) is 0 Å². The molecule has 0 N–H and O–H groups in total. The Labute approximate surface area is 358 Å². The summed E-state index contributed by atoms with van der Waals surface area (Å²) in [6.45, 7) is 9.44. The van der Waals surface area contributed by atoms with E-state index in [4.69, 9.17) is 4.42 Å². The molecule has 0 spiro atoms. The highest BCUT2D eigenvalue weighted by atomic mass is 32.1. The van der Waals surface area contributed by atoms with Crippen LogP contribution < -0.4 is 4.90 Å². The molecule has 9 aromatic carbocycles. The first kappa shape index (κ1) is 34.9. The summed E-state index contributed by atoms with van der Waals surface area (Å²) < 4.78 is 9.62. The summed E-state index contributed by atoms with van der Waals surface area (Å²) in [5.74, 6) is 0. The van der Waals surface area contributed by atoms with Crippen LogP contribution in [0.15, 0.2) is 180 Å². The van der Waals surface area contributed by atoms with Crippen molar-refractivity contribution in [3.8, 4) is 33.4 Å². The zero-order valence-corrected chi connectivity index (χ0v) is 35.3. The summed E-state index contributed by atoms with van der Waals surface area (Å²) in [4.78, 5) is 2.48. The van der Waals surface area contributed by atoms with E-state index >= 15 is 0 Å². The fraction of sp³-hybridized carbons (Fsp3) is 0.103. The molecule has 3 heteroatoms. The third-order valence-electron chi connectivity index (χ3n) is 14.0. The first-order chi connectivity index (χ1) is 29.8. The Morgan fingerprint density at radius 3 is 1.84 bits per heavy atom. The van der Waals surface area contributed by atoms with Gasteiger partial charge in [0, 0.05) is 54.0 Å². The molecule has 2 aliphatic carbocycles. The lowest BCUT2D eigenvalue weighted by atomic mass is 9.81. The average molecular weight is 800 g/mol. The molecule has 0 amide bonds. The smallest absolute Gasteiger partial charge is 0.143 e. The van der Waals surface area contributed by atoms with Gasteiger partial charge in [-0.15, -0.1) is 11.3 Å². The largest absolute Gasteiger partial charge is 0.455 e. The standard InChI is InChI=1S/C58H41NOS/c1-57(2)47-20-10-7-16-39(47)41-27-24-35(31-49(41)57)54-38-15-6-5-14-34(38)30-46-45-32-36(26-29-52(45)60-55(46)54)59(51-22-13-19-44-43-18-9-12-23-53(43)61-56(44)51)37-25-28-42-40-17-8-11-21-48(40)58(3,4)50(42)33-37/h5-33H,1-4H3. The topological polar surface area (TPSA) is 16.4 Å². The van der Waals surface area contributed by atoms with Crippen LogP contribution in [-0.4, -0.2) is 0 Å². The van der Waals surface area contributed by atoms with Gasteiger partial charge in [0.2, 0.25) is 0 Å². The lowest BCUT2D eigenvalue weighted by molar-refractivity contribution is 0.660.